The van der Waals surface area contributed by atoms with Crippen LogP contribution >= 0.6 is 0 Å². The Bertz CT molecular complexity index is 746. The van der Waals surface area contributed by atoms with E-state index in [1.165, 1.54) is 19.2 Å². The maximum Gasteiger partial charge on any atom is 0.338 e. The van der Waals surface area contributed by atoms with Gasteiger partial charge in [-0.15, -0.1) is 0 Å². The van der Waals surface area contributed by atoms with Gasteiger partial charge in [0.25, 0.3) is 0 Å². The lowest BCUT2D eigenvalue weighted by Gasteiger charge is -2.08. The van der Waals surface area contributed by atoms with E-state index in [1.54, 1.807) is 36.4 Å². The van der Waals surface area contributed by atoms with Gasteiger partial charge in [0.2, 0.25) is 5.78 Å². The highest BCUT2D eigenvalue weighted by Crippen LogP contribution is 2.18. The smallest absolute Gasteiger partial charge is 0.338 e. The number of hydrogen-bond acceptors (Lipinski definition) is 5. The van der Waals surface area contributed by atoms with Crippen molar-refractivity contribution in [1.82, 2.24) is 0 Å². The Labute approximate surface area is 127 Å². The standard InChI is InChI=1S/C17H13NO4/c1-21-16-8-3-2-7-14(16)15(19)11-22-17(20)13-6-4-5-12(9-13)10-18/h2-9H,11H2,1H3. The molecule has 0 aliphatic carbocycles. The predicted molar refractivity (Wildman–Crippen MR) is 78.8 cm³/mol. The van der Waals surface area contributed by atoms with Crippen molar-refractivity contribution < 1.29 is 19.1 Å². The van der Waals surface area contributed by atoms with Crippen molar-refractivity contribution in [3.05, 3.63) is 65.2 Å². The zero-order valence-corrected chi connectivity index (χ0v) is 11.9. The lowest BCUT2D eigenvalue weighted by Crippen LogP contribution is -2.15. The van der Waals surface area contributed by atoms with Gasteiger partial charge in [0.15, 0.2) is 6.61 Å². The Kier molecular flexibility index (Phi) is 4.89. The Hall–Kier alpha value is -3.13. The summed E-state index contributed by atoms with van der Waals surface area (Å²) >= 11 is 0. The van der Waals surface area contributed by atoms with Crippen molar-refractivity contribution in [1.29, 1.82) is 5.26 Å². The molecule has 0 N–H and O–H groups in total. The second-order valence-corrected chi connectivity index (χ2v) is 4.39. The van der Waals surface area contributed by atoms with Gasteiger partial charge in [-0.3, -0.25) is 4.79 Å². The van der Waals surface area contributed by atoms with Crippen molar-refractivity contribution in [3.8, 4) is 11.8 Å². The number of rotatable bonds is 5. The van der Waals surface area contributed by atoms with Crippen LogP contribution in [0.15, 0.2) is 48.5 Å². The fourth-order valence-electron chi connectivity index (χ4n) is 1.88. The normalized spacial score (nSPS) is 9.64. The fourth-order valence-corrected chi connectivity index (χ4v) is 1.88. The van der Waals surface area contributed by atoms with E-state index in [0.717, 1.165) is 0 Å². The first-order valence-electron chi connectivity index (χ1n) is 6.49. The van der Waals surface area contributed by atoms with Gasteiger partial charge in [-0.05, 0) is 30.3 Å². The molecule has 0 aromatic heterocycles. The number of carbonyl (C=O) groups excluding carboxylic acids is 2. The lowest BCUT2D eigenvalue weighted by molar-refractivity contribution is 0.0474. The largest absolute Gasteiger partial charge is 0.496 e. The van der Waals surface area contributed by atoms with E-state index in [1.807, 2.05) is 6.07 Å². The van der Waals surface area contributed by atoms with Gasteiger partial charge in [-0.25, -0.2) is 4.79 Å². The summed E-state index contributed by atoms with van der Waals surface area (Å²) < 4.78 is 10.1. The molecular weight excluding hydrogens is 282 g/mol. The molecule has 22 heavy (non-hydrogen) atoms. The number of hydrogen-bond donors (Lipinski definition) is 0. The maximum absolute atomic E-state index is 12.1. The van der Waals surface area contributed by atoms with Crippen LogP contribution in [0, 0.1) is 11.3 Å². The molecule has 0 atom stereocenters. The van der Waals surface area contributed by atoms with E-state index >= 15 is 0 Å². The van der Waals surface area contributed by atoms with Crippen LogP contribution in [-0.4, -0.2) is 25.5 Å². The summed E-state index contributed by atoms with van der Waals surface area (Å²) in [6, 6.07) is 14.7. The van der Waals surface area contributed by atoms with E-state index in [4.69, 9.17) is 14.7 Å². The molecule has 5 nitrogen and oxygen atoms in total. The number of Topliss-reactive ketones (excluding diaryl/α,β-unsaturated/α-hetero) is 1. The molecule has 0 spiro atoms. The number of esters is 1. The number of methoxy groups -OCH3 is 1. The molecule has 2 rings (SSSR count). The van der Waals surface area contributed by atoms with E-state index in [2.05, 4.69) is 0 Å². The van der Waals surface area contributed by atoms with Gasteiger partial charge in [-0.1, -0.05) is 18.2 Å². The van der Waals surface area contributed by atoms with Crippen LogP contribution in [0.2, 0.25) is 0 Å². The molecule has 0 saturated heterocycles. The molecule has 5 heteroatoms. The first-order valence-corrected chi connectivity index (χ1v) is 6.49. The first-order chi connectivity index (χ1) is 10.7. The van der Waals surface area contributed by atoms with E-state index in [-0.39, 0.29) is 11.3 Å². The second-order valence-electron chi connectivity index (χ2n) is 4.39. The summed E-state index contributed by atoms with van der Waals surface area (Å²) in [6.07, 6.45) is 0. The minimum Gasteiger partial charge on any atom is -0.496 e. The molecule has 0 aliphatic heterocycles. The molecule has 0 heterocycles. The molecule has 0 amide bonds. The average Bonchev–Trinajstić information content (AvgIpc) is 2.59. The first kappa shape index (κ1) is 15.3. The van der Waals surface area contributed by atoms with Crippen LogP contribution in [0.3, 0.4) is 0 Å². The number of nitrogens with zero attached hydrogens (tertiary/aromatic N) is 1. The van der Waals surface area contributed by atoms with E-state index < -0.39 is 12.6 Å². The number of para-hydroxylation sites is 1. The van der Waals surface area contributed by atoms with Crippen molar-refractivity contribution in [2.24, 2.45) is 0 Å². The summed E-state index contributed by atoms with van der Waals surface area (Å²) in [6.45, 7) is -0.393. The number of benzene rings is 2. The minimum atomic E-state index is -0.652. The highest BCUT2D eigenvalue weighted by Gasteiger charge is 2.15. The third-order valence-electron chi connectivity index (χ3n) is 2.97. The van der Waals surface area contributed by atoms with Crippen LogP contribution in [0.4, 0.5) is 0 Å². The van der Waals surface area contributed by atoms with Gasteiger partial charge in [0.1, 0.15) is 5.75 Å². The van der Waals surface area contributed by atoms with E-state index in [9.17, 15) is 9.59 Å². The van der Waals surface area contributed by atoms with Crippen molar-refractivity contribution in [2.75, 3.05) is 13.7 Å². The third-order valence-corrected chi connectivity index (χ3v) is 2.97. The predicted octanol–water partition coefficient (Wildman–Crippen LogP) is 2.61. The van der Waals surface area contributed by atoms with Crippen LogP contribution < -0.4 is 4.74 Å². The zero-order chi connectivity index (χ0) is 15.9. The van der Waals surface area contributed by atoms with Gasteiger partial charge in [0.05, 0.1) is 29.9 Å². The molecular formula is C17H13NO4. The molecule has 0 aliphatic rings. The molecule has 0 fully saturated rings. The number of nitriles is 1. The van der Waals surface area contributed by atoms with Crippen LogP contribution in [0.1, 0.15) is 26.3 Å². The summed E-state index contributed by atoms with van der Waals surface area (Å²) in [5.74, 6) is -0.586. The quantitative estimate of drug-likeness (QED) is 0.626. The van der Waals surface area contributed by atoms with Gasteiger partial charge >= 0.3 is 5.97 Å². The summed E-state index contributed by atoms with van der Waals surface area (Å²) in [5.41, 5.74) is 0.931. The highest BCUT2D eigenvalue weighted by atomic mass is 16.5. The van der Waals surface area contributed by atoms with Gasteiger partial charge < -0.3 is 9.47 Å². The van der Waals surface area contributed by atoms with Crippen molar-refractivity contribution in [2.45, 2.75) is 0 Å². The average molecular weight is 295 g/mol. The third kappa shape index (κ3) is 3.49. The topological polar surface area (TPSA) is 76.4 Å². The second kappa shape index (κ2) is 7.04. The molecule has 0 saturated carbocycles. The van der Waals surface area contributed by atoms with Gasteiger partial charge in [0, 0.05) is 0 Å². The summed E-state index contributed by atoms with van der Waals surface area (Å²) in [4.78, 5) is 24.0. The Morgan fingerprint density at radius 1 is 1.14 bits per heavy atom. The fraction of sp³-hybridized carbons (Fsp3) is 0.118. The minimum absolute atomic E-state index is 0.229. The molecule has 0 unspecified atom stereocenters. The maximum atomic E-state index is 12.1. The van der Waals surface area contributed by atoms with Crippen molar-refractivity contribution >= 4 is 11.8 Å². The number of ketones is 1. The molecule has 2 aromatic rings. The zero-order valence-electron chi connectivity index (χ0n) is 11.9. The van der Waals surface area contributed by atoms with Crippen molar-refractivity contribution in [3.63, 3.8) is 0 Å². The number of carbonyl (C=O) groups is 2. The van der Waals surface area contributed by atoms with Crippen LogP contribution in [0.25, 0.3) is 0 Å². The monoisotopic (exact) mass is 295 g/mol. The molecule has 0 radical (unpaired) electrons. The molecule has 0 bridgehead atoms. The van der Waals surface area contributed by atoms with Gasteiger partial charge in [-0.2, -0.15) is 5.26 Å². The van der Waals surface area contributed by atoms with Crippen LogP contribution in [0.5, 0.6) is 5.75 Å². The Balaban J connectivity index is 2.04. The van der Waals surface area contributed by atoms with Crippen LogP contribution in [-0.2, 0) is 4.74 Å². The summed E-state index contributed by atoms with van der Waals surface area (Å²) in [7, 11) is 1.46. The lowest BCUT2D eigenvalue weighted by atomic mass is 10.1. The highest BCUT2D eigenvalue weighted by molar-refractivity contribution is 6.01. The number of ether oxygens (including phenoxy) is 2. The Morgan fingerprint density at radius 3 is 2.64 bits per heavy atom. The summed E-state index contributed by atoms with van der Waals surface area (Å²) in [5, 5.41) is 8.80. The van der Waals surface area contributed by atoms with E-state index in [0.29, 0.717) is 16.9 Å². The SMILES string of the molecule is COc1ccccc1C(=O)COC(=O)c1cccc(C#N)c1. The molecule has 2 aromatic carbocycles. The molecule has 110 valence electrons. The Morgan fingerprint density at radius 2 is 1.91 bits per heavy atom.